The molecule has 0 bridgehead atoms. The van der Waals surface area contributed by atoms with Crippen molar-refractivity contribution in [2.75, 3.05) is 19.0 Å². The fraction of sp³-hybridized carbons (Fsp3) is 0.400. The first-order valence-electron chi connectivity index (χ1n) is 6.60. The highest BCUT2D eigenvalue weighted by Gasteiger charge is 2.08. The maximum Gasteiger partial charge on any atom is 0.134 e. The largest absolute Gasteiger partial charge is 0.496 e. The Kier molecular flexibility index (Phi) is 4.58. The zero-order valence-corrected chi connectivity index (χ0v) is 11.4. The third-order valence-electron chi connectivity index (χ3n) is 3.11. The molecule has 2 rings (SSSR count). The summed E-state index contributed by atoms with van der Waals surface area (Å²) in [6.45, 7) is 2.57. The zero-order valence-electron chi connectivity index (χ0n) is 11.4. The van der Waals surface area contributed by atoms with Crippen LogP contribution in [0.25, 0.3) is 10.8 Å². The fourth-order valence-corrected chi connectivity index (χ4v) is 2.15. The standard InChI is InChI=1S/C15H20N2O2/c1-3-5-11(18)10-17-15-13-6-4-7-14(19-2)12(13)8-9-16-15/h4,6-9,11,18H,3,5,10H2,1-2H3,(H,16,17). The molecule has 0 spiro atoms. The highest BCUT2D eigenvalue weighted by molar-refractivity contribution is 5.95. The van der Waals surface area contributed by atoms with E-state index in [-0.39, 0.29) is 6.10 Å². The van der Waals surface area contributed by atoms with E-state index in [9.17, 15) is 5.11 Å². The predicted molar refractivity (Wildman–Crippen MR) is 77.7 cm³/mol. The van der Waals surface area contributed by atoms with Crippen molar-refractivity contribution in [2.24, 2.45) is 0 Å². The lowest BCUT2D eigenvalue weighted by atomic mass is 10.1. The Balaban J connectivity index is 2.24. The third kappa shape index (κ3) is 3.15. The lowest BCUT2D eigenvalue weighted by molar-refractivity contribution is 0.176. The molecule has 0 saturated heterocycles. The first-order valence-corrected chi connectivity index (χ1v) is 6.60. The SMILES string of the molecule is CCCC(O)CNc1nccc2c(OC)cccc12. The van der Waals surface area contributed by atoms with Crippen molar-refractivity contribution in [3.8, 4) is 5.75 Å². The smallest absolute Gasteiger partial charge is 0.134 e. The molecule has 2 N–H and O–H groups in total. The average molecular weight is 260 g/mol. The molecule has 2 aromatic rings. The van der Waals surface area contributed by atoms with Crippen molar-refractivity contribution in [3.63, 3.8) is 0 Å². The van der Waals surface area contributed by atoms with E-state index >= 15 is 0 Å². The van der Waals surface area contributed by atoms with Crippen LogP contribution in [0.1, 0.15) is 19.8 Å². The normalized spacial score (nSPS) is 12.4. The van der Waals surface area contributed by atoms with Crippen LogP contribution in [0.15, 0.2) is 30.5 Å². The van der Waals surface area contributed by atoms with E-state index in [0.29, 0.717) is 6.54 Å². The van der Waals surface area contributed by atoms with Crippen LogP contribution >= 0.6 is 0 Å². The Morgan fingerprint density at radius 1 is 1.32 bits per heavy atom. The number of methoxy groups -OCH3 is 1. The highest BCUT2D eigenvalue weighted by atomic mass is 16.5. The number of hydrogen-bond acceptors (Lipinski definition) is 4. The molecular weight excluding hydrogens is 240 g/mol. The Labute approximate surface area is 113 Å². The van der Waals surface area contributed by atoms with Crippen molar-refractivity contribution >= 4 is 16.6 Å². The van der Waals surface area contributed by atoms with Gasteiger partial charge in [-0.05, 0) is 18.6 Å². The number of nitrogens with zero attached hydrogens (tertiary/aromatic N) is 1. The molecule has 1 unspecified atom stereocenters. The minimum absolute atomic E-state index is 0.340. The van der Waals surface area contributed by atoms with Crippen molar-refractivity contribution in [2.45, 2.75) is 25.9 Å². The molecule has 0 amide bonds. The first-order chi connectivity index (χ1) is 9.26. The van der Waals surface area contributed by atoms with Gasteiger partial charge in [-0.25, -0.2) is 4.98 Å². The summed E-state index contributed by atoms with van der Waals surface area (Å²) in [6, 6.07) is 7.80. The number of aliphatic hydroxyl groups is 1. The molecule has 1 heterocycles. The summed E-state index contributed by atoms with van der Waals surface area (Å²) in [5.74, 6) is 1.61. The number of anilines is 1. The number of nitrogens with one attached hydrogen (secondary N) is 1. The molecular formula is C15H20N2O2. The average Bonchev–Trinajstić information content (AvgIpc) is 2.44. The second-order valence-electron chi connectivity index (χ2n) is 4.54. The van der Waals surface area contributed by atoms with Crippen LogP contribution < -0.4 is 10.1 Å². The van der Waals surface area contributed by atoms with E-state index in [1.54, 1.807) is 13.3 Å². The molecule has 0 saturated carbocycles. The van der Waals surface area contributed by atoms with Gasteiger partial charge in [0.2, 0.25) is 0 Å². The third-order valence-corrected chi connectivity index (χ3v) is 3.11. The van der Waals surface area contributed by atoms with Gasteiger partial charge in [0.1, 0.15) is 11.6 Å². The van der Waals surface area contributed by atoms with Gasteiger partial charge in [0, 0.05) is 23.5 Å². The molecule has 1 aromatic carbocycles. The lowest BCUT2D eigenvalue weighted by Crippen LogP contribution is -2.19. The molecule has 0 aliphatic heterocycles. The van der Waals surface area contributed by atoms with Gasteiger partial charge in [-0.2, -0.15) is 0 Å². The van der Waals surface area contributed by atoms with Gasteiger partial charge in [-0.15, -0.1) is 0 Å². The molecule has 102 valence electrons. The molecule has 1 atom stereocenters. The summed E-state index contributed by atoms with van der Waals surface area (Å²) >= 11 is 0. The van der Waals surface area contributed by atoms with Crippen LogP contribution in [-0.4, -0.2) is 29.8 Å². The molecule has 4 nitrogen and oxygen atoms in total. The number of rotatable bonds is 6. The quantitative estimate of drug-likeness (QED) is 0.838. The van der Waals surface area contributed by atoms with Gasteiger partial charge in [-0.1, -0.05) is 25.5 Å². The lowest BCUT2D eigenvalue weighted by Gasteiger charge is -2.13. The number of aromatic nitrogens is 1. The highest BCUT2D eigenvalue weighted by Crippen LogP contribution is 2.28. The molecule has 0 fully saturated rings. The Morgan fingerprint density at radius 3 is 2.89 bits per heavy atom. The number of aliphatic hydroxyl groups excluding tert-OH is 1. The Bertz CT molecular complexity index is 543. The van der Waals surface area contributed by atoms with E-state index in [4.69, 9.17) is 4.74 Å². The van der Waals surface area contributed by atoms with Crippen LogP contribution in [0.4, 0.5) is 5.82 Å². The molecule has 4 heteroatoms. The molecule has 0 radical (unpaired) electrons. The minimum Gasteiger partial charge on any atom is -0.496 e. The maximum atomic E-state index is 9.77. The van der Waals surface area contributed by atoms with Gasteiger partial charge in [0.15, 0.2) is 0 Å². The summed E-state index contributed by atoms with van der Waals surface area (Å²) in [6.07, 6.45) is 3.17. The van der Waals surface area contributed by atoms with Gasteiger partial charge in [0.05, 0.1) is 13.2 Å². The fourth-order valence-electron chi connectivity index (χ4n) is 2.15. The van der Waals surface area contributed by atoms with E-state index in [2.05, 4.69) is 17.2 Å². The van der Waals surface area contributed by atoms with E-state index in [0.717, 1.165) is 35.2 Å². The van der Waals surface area contributed by atoms with E-state index in [1.165, 1.54) is 0 Å². The van der Waals surface area contributed by atoms with Crippen molar-refractivity contribution in [3.05, 3.63) is 30.5 Å². The van der Waals surface area contributed by atoms with Crippen LogP contribution in [0.3, 0.4) is 0 Å². The van der Waals surface area contributed by atoms with Gasteiger partial charge in [0.25, 0.3) is 0 Å². The summed E-state index contributed by atoms with van der Waals surface area (Å²) < 4.78 is 5.34. The molecule has 0 aliphatic carbocycles. The number of ether oxygens (including phenoxy) is 1. The summed E-state index contributed by atoms with van der Waals surface area (Å²) in [5, 5.41) is 15.0. The van der Waals surface area contributed by atoms with E-state index in [1.807, 2.05) is 24.3 Å². The van der Waals surface area contributed by atoms with Crippen molar-refractivity contribution in [1.29, 1.82) is 0 Å². The molecule has 0 aliphatic rings. The van der Waals surface area contributed by atoms with E-state index < -0.39 is 0 Å². The van der Waals surface area contributed by atoms with Crippen LogP contribution in [0.2, 0.25) is 0 Å². The Morgan fingerprint density at radius 2 is 2.16 bits per heavy atom. The number of benzene rings is 1. The van der Waals surface area contributed by atoms with Crippen LogP contribution in [0, 0.1) is 0 Å². The second kappa shape index (κ2) is 6.38. The number of hydrogen-bond donors (Lipinski definition) is 2. The number of pyridine rings is 1. The van der Waals surface area contributed by atoms with Gasteiger partial charge < -0.3 is 15.2 Å². The van der Waals surface area contributed by atoms with Crippen LogP contribution in [0.5, 0.6) is 5.75 Å². The van der Waals surface area contributed by atoms with Crippen molar-refractivity contribution < 1.29 is 9.84 Å². The summed E-state index contributed by atoms with van der Waals surface area (Å²) in [7, 11) is 1.66. The predicted octanol–water partition coefficient (Wildman–Crippen LogP) is 2.82. The van der Waals surface area contributed by atoms with Gasteiger partial charge in [-0.3, -0.25) is 0 Å². The monoisotopic (exact) mass is 260 g/mol. The van der Waals surface area contributed by atoms with Gasteiger partial charge >= 0.3 is 0 Å². The minimum atomic E-state index is -0.340. The Hall–Kier alpha value is -1.81. The summed E-state index contributed by atoms with van der Waals surface area (Å²) in [5.41, 5.74) is 0. The van der Waals surface area contributed by atoms with Crippen molar-refractivity contribution in [1.82, 2.24) is 4.98 Å². The van der Waals surface area contributed by atoms with Crippen LogP contribution in [-0.2, 0) is 0 Å². The molecule has 1 aromatic heterocycles. The number of fused-ring (bicyclic) bond motifs is 1. The maximum absolute atomic E-state index is 9.77. The zero-order chi connectivity index (χ0) is 13.7. The first kappa shape index (κ1) is 13.6. The second-order valence-corrected chi connectivity index (χ2v) is 4.54. The topological polar surface area (TPSA) is 54.4 Å². The molecule has 19 heavy (non-hydrogen) atoms. The summed E-state index contributed by atoms with van der Waals surface area (Å²) in [4.78, 5) is 4.34.